The van der Waals surface area contributed by atoms with Crippen LogP contribution in [0, 0.1) is 0 Å². The van der Waals surface area contributed by atoms with Gasteiger partial charge in [-0.15, -0.1) is 0 Å². The topological polar surface area (TPSA) is 73.9 Å². The highest BCUT2D eigenvalue weighted by Crippen LogP contribution is 2.31. The number of benzene rings is 1. The molecule has 1 aliphatic rings. The number of methoxy groups -OCH3 is 1. The van der Waals surface area contributed by atoms with Crippen LogP contribution in [0.2, 0.25) is 0 Å². The van der Waals surface area contributed by atoms with Crippen molar-refractivity contribution < 1.29 is 23.8 Å². The number of anilines is 1. The monoisotopic (exact) mass is 237 g/mol. The zero-order valence-corrected chi connectivity index (χ0v) is 9.19. The Kier molecular flexibility index (Phi) is 3.13. The van der Waals surface area contributed by atoms with E-state index in [-0.39, 0.29) is 19.1 Å². The molecule has 1 amide bonds. The van der Waals surface area contributed by atoms with Crippen molar-refractivity contribution in [3.8, 4) is 11.5 Å². The van der Waals surface area contributed by atoms with E-state index in [1.54, 1.807) is 18.2 Å². The molecular formula is C11H11NO5. The van der Waals surface area contributed by atoms with E-state index in [1.807, 2.05) is 0 Å². The molecule has 0 bridgehead atoms. The molecule has 17 heavy (non-hydrogen) atoms. The highest BCUT2D eigenvalue weighted by molar-refractivity contribution is 5.95. The molecule has 0 aromatic heterocycles. The van der Waals surface area contributed by atoms with Crippen molar-refractivity contribution in [3.05, 3.63) is 18.2 Å². The summed E-state index contributed by atoms with van der Waals surface area (Å²) in [5.41, 5.74) is 0.590. The van der Waals surface area contributed by atoms with Crippen LogP contribution in [-0.4, -0.2) is 32.2 Å². The smallest absolute Gasteiger partial charge is 0.343 e. The maximum absolute atomic E-state index is 11.0. The van der Waals surface area contributed by atoms with Crippen LogP contribution in [0.3, 0.4) is 0 Å². The molecule has 0 saturated heterocycles. The Hall–Kier alpha value is -2.24. The first kappa shape index (κ1) is 11.3. The second kappa shape index (κ2) is 4.73. The Morgan fingerprint density at radius 2 is 2.35 bits per heavy atom. The summed E-state index contributed by atoms with van der Waals surface area (Å²) in [7, 11) is 1.29. The highest BCUT2D eigenvalue weighted by atomic mass is 16.6. The van der Waals surface area contributed by atoms with Gasteiger partial charge in [-0.2, -0.15) is 0 Å². The van der Waals surface area contributed by atoms with E-state index in [1.165, 1.54) is 7.11 Å². The van der Waals surface area contributed by atoms with Crippen LogP contribution >= 0.6 is 0 Å². The molecule has 2 rings (SSSR count). The second-order valence-electron chi connectivity index (χ2n) is 3.36. The quantitative estimate of drug-likeness (QED) is 0.778. The van der Waals surface area contributed by atoms with Gasteiger partial charge >= 0.3 is 5.97 Å². The van der Waals surface area contributed by atoms with E-state index in [9.17, 15) is 9.59 Å². The second-order valence-corrected chi connectivity index (χ2v) is 3.36. The van der Waals surface area contributed by atoms with Gasteiger partial charge in [-0.25, -0.2) is 4.79 Å². The van der Waals surface area contributed by atoms with Crippen molar-refractivity contribution in [1.29, 1.82) is 0 Å². The Morgan fingerprint density at radius 1 is 1.53 bits per heavy atom. The summed E-state index contributed by atoms with van der Waals surface area (Å²) in [5, 5.41) is 2.65. The molecule has 6 heteroatoms. The van der Waals surface area contributed by atoms with Gasteiger partial charge in [0.2, 0.25) is 0 Å². The number of fused-ring (bicyclic) bond motifs is 1. The number of nitrogens with one attached hydrogen (secondary N) is 1. The highest BCUT2D eigenvalue weighted by Gasteiger charge is 2.16. The molecule has 0 spiro atoms. The van der Waals surface area contributed by atoms with Gasteiger partial charge in [0.15, 0.2) is 13.2 Å². The molecule has 0 aliphatic carbocycles. The first-order chi connectivity index (χ1) is 8.19. The maximum Gasteiger partial charge on any atom is 0.343 e. The van der Waals surface area contributed by atoms with Crippen LogP contribution in [0.4, 0.5) is 5.69 Å². The lowest BCUT2D eigenvalue weighted by Crippen LogP contribution is -2.25. The van der Waals surface area contributed by atoms with Gasteiger partial charge in [0.25, 0.3) is 5.91 Å². The van der Waals surface area contributed by atoms with Crippen LogP contribution in [0.25, 0.3) is 0 Å². The largest absolute Gasteiger partial charge is 0.482 e. The minimum absolute atomic E-state index is 0.0204. The fourth-order valence-electron chi connectivity index (χ4n) is 1.35. The lowest BCUT2D eigenvalue weighted by Gasteiger charge is -2.18. The molecule has 0 saturated carbocycles. The number of carbonyl (C=O) groups is 2. The minimum atomic E-state index is -0.461. The zero-order chi connectivity index (χ0) is 12.3. The van der Waals surface area contributed by atoms with Gasteiger partial charge < -0.3 is 19.5 Å². The van der Waals surface area contributed by atoms with Crippen molar-refractivity contribution in [2.45, 2.75) is 0 Å². The number of esters is 1. The van der Waals surface area contributed by atoms with Crippen molar-refractivity contribution in [3.63, 3.8) is 0 Å². The van der Waals surface area contributed by atoms with Crippen LogP contribution in [0.1, 0.15) is 0 Å². The van der Waals surface area contributed by atoms with E-state index >= 15 is 0 Å². The molecule has 6 nitrogen and oxygen atoms in total. The van der Waals surface area contributed by atoms with Crippen molar-refractivity contribution in [2.24, 2.45) is 0 Å². The third kappa shape index (κ3) is 2.66. The van der Waals surface area contributed by atoms with Gasteiger partial charge in [-0.3, -0.25) is 4.79 Å². The number of amides is 1. The average Bonchev–Trinajstić information content (AvgIpc) is 2.35. The fourth-order valence-corrected chi connectivity index (χ4v) is 1.35. The van der Waals surface area contributed by atoms with Gasteiger partial charge in [-0.05, 0) is 12.1 Å². The average molecular weight is 237 g/mol. The van der Waals surface area contributed by atoms with Crippen molar-refractivity contribution >= 4 is 17.6 Å². The van der Waals surface area contributed by atoms with Crippen molar-refractivity contribution in [1.82, 2.24) is 0 Å². The molecule has 1 aliphatic heterocycles. The van der Waals surface area contributed by atoms with Gasteiger partial charge in [0.1, 0.15) is 11.5 Å². The van der Waals surface area contributed by atoms with E-state index in [2.05, 4.69) is 10.1 Å². The lowest BCUT2D eigenvalue weighted by molar-refractivity contribution is -0.142. The molecule has 1 N–H and O–H groups in total. The Labute approximate surface area is 97.5 Å². The number of hydrogen-bond donors (Lipinski definition) is 1. The molecule has 0 unspecified atom stereocenters. The van der Waals surface area contributed by atoms with Crippen LogP contribution in [0.5, 0.6) is 11.5 Å². The molecule has 1 aromatic carbocycles. The van der Waals surface area contributed by atoms with Gasteiger partial charge in [-0.1, -0.05) is 0 Å². The molecule has 0 fully saturated rings. The Morgan fingerprint density at radius 3 is 3.12 bits per heavy atom. The Balaban J connectivity index is 2.06. The molecular weight excluding hydrogens is 226 g/mol. The summed E-state index contributed by atoms with van der Waals surface area (Å²) in [5.74, 6) is 0.343. The standard InChI is InChI=1S/C11H11NO5/c1-15-11(14)6-16-7-2-3-8-9(4-7)17-5-10(13)12-8/h2-4H,5-6H2,1H3,(H,12,13). The Bertz CT molecular complexity index is 457. The maximum atomic E-state index is 11.0. The first-order valence-corrected chi connectivity index (χ1v) is 4.95. The minimum Gasteiger partial charge on any atom is -0.482 e. The fraction of sp³-hybridized carbons (Fsp3) is 0.273. The SMILES string of the molecule is COC(=O)COc1ccc2c(c1)OCC(=O)N2. The summed E-state index contributed by atoms with van der Waals surface area (Å²) in [4.78, 5) is 21.9. The summed E-state index contributed by atoms with van der Waals surface area (Å²) >= 11 is 0. The number of ether oxygens (including phenoxy) is 3. The first-order valence-electron chi connectivity index (χ1n) is 4.95. The predicted octanol–water partition coefficient (Wildman–Crippen LogP) is 0.569. The molecule has 1 heterocycles. The van der Waals surface area contributed by atoms with E-state index < -0.39 is 5.97 Å². The van der Waals surface area contributed by atoms with Gasteiger partial charge in [0.05, 0.1) is 12.8 Å². The molecule has 90 valence electrons. The third-order valence-electron chi connectivity index (χ3n) is 2.17. The summed E-state index contributed by atoms with van der Waals surface area (Å²) < 4.78 is 14.8. The summed E-state index contributed by atoms with van der Waals surface area (Å²) in [6.07, 6.45) is 0. The molecule has 0 atom stereocenters. The zero-order valence-electron chi connectivity index (χ0n) is 9.19. The third-order valence-corrected chi connectivity index (χ3v) is 2.17. The normalized spacial score (nSPS) is 13.1. The van der Waals surface area contributed by atoms with Gasteiger partial charge in [0, 0.05) is 6.07 Å². The van der Waals surface area contributed by atoms with E-state index in [0.717, 1.165) is 0 Å². The van der Waals surface area contributed by atoms with E-state index in [0.29, 0.717) is 17.2 Å². The van der Waals surface area contributed by atoms with Crippen molar-refractivity contribution in [2.75, 3.05) is 25.6 Å². The molecule has 1 aromatic rings. The van der Waals surface area contributed by atoms with Crippen LogP contribution in [-0.2, 0) is 14.3 Å². The lowest BCUT2D eigenvalue weighted by atomic mass is 10.2. The van der Waals surface area contributed by atoms with Crippen LogP contribution < -0.4 is 14.8 Å². The summed E-state index contributed by atoms with van der Waals surface area (Å²) in [6, 6.07) is 4.90. The number of rotatable bonds is 3. The van der Waals surface area contributed by atoms with Crippen LogP contribution in [0.15, 0.2) is 18.2 Å². The van der Waals surface area contributed by atoms with E-state index in [4.69, 9.17) is 9.47 Å². The summed E-state index contributed by atoms with van der Waals surface area (Å²) in [6.45, 7) is -0.185. The molecule has 0 radical (unpaired) electrons. The predicted molar refractivity (Wildman–Crippen MR) is 58.1 cm³/mol. The number of hydrogen-bond acceptors (Lipinski definition) is 5. The number of carbonyl (C=O) groups excluding carboxylic acids is 2.